The zero-order valence-corrected chi connectivity index (χ0v) is 30.1. The van der Waals surface area contributed by atoms with Crippen LogP contribution in [0.2, 0.25) is 0 Å². The van der Waals surface area contributed by atoms with Crippen LogP contribution in [0.25, 0.3) is 0 Å². The normalized spacial score (nSPS) is 17.1. The van der Waals surface area contributed by atoms with Crippen LogP contribution >= 0.6 is 10.8 Å². The number of aliphatic hydroxyl groups excluding tert-OH is 1. The molecule has 1 aliphatic rings. The fraction of sp³-hybridized carbons (Fsp3) is 0.500. The summed E-state index contributed by atoms with van der Waals surface area (Å²) < 4.78 is 23.2. The number of nitrogens with one attached hydrogen (secondary N) is 3. The molecule has 1 fully saturated rings. The number of hydrogen-bond acceptors (Lipinski definition) is 7. The van der Waals surface area contributed by atoms with Gasteiger partial charge in [-0.1, -0.05) is 90.1 Å². The van der Waals surface area contributed by atoms with Crippen LogP contribution in [0.5, 0.6) is 0 Å². The Morgan fingerprint density at radius 3 is 2.15 bits per heavy atom. The number of nitrogens with zero attached hydrogens (tertiary/aromatic N) is 1. The van der Waals surface area contributed by atoms with E-state index in [9.17, 15) is 19.0 Å². The van der Waals surface area contributed by atoms with Gasteiger partial charge in [-0.25, -0.2) is 0 Å². The summed E-state index contributed by atoms with van der Waals surface area (Å²) in [6, 6.07) is 21.4. The Labute approximate surface area is 283 Å². The molecule has 3 aromatic carbocycles. The Morgan fingerprint density at radius 1 is 0.894 bits per heavy atom. The molecule has 2 atom stereocenters. The predicted octanol–water partition coefficient (Wildman–Crippen LogP) is 7.47. The van der Waals surface area contributed by atoms with Gasteiger partial charge in [-0.15, -0.1) is 10.8 Å². The largest absolute Gasteiger partial charge is 0.390 e. The van der Waals surface area contributed by atoms with Gasteiger partial charge in [0.1, 0.15) is 0 Å². The highest BCUT2D eigenvalue weighted by Gasteiger charge is 2.29. The quantitative estimate of drug-likeness (QED) is 0.119. The van der Waals surface area contributed by atoms with E-state index in [0.717, 1.165) is 29.7 Å². The SMILES string of the molecule is CCNc1cc(C(=O)N[C@@H](Cc2ccccc2)[C@@H](O)CNCc2cc(C(C)(C)C)cc(C(C)(C)C)c2)cc(N2CCCCS2(O)O)c1. The molecule has 0 radical (unpaired) electrons. The Hall–Kier alpha value is -3.08. The van der Waals surface area contributed by atoms with E-state index in [1.807, 2.05) is 43.3 Å². The Kier molecular flexibility index (Phi) is 12.1. The summed E-state index contributed by atoms with van der Waals surface area (Å²) >= 11 is 0. The van der Waals surface area contributed by atoms with Crippen molar-refractivity contribution in [2.24, 2.45) is 0 Å². The Morgan fingerprint density at radius 2 is 1.55 bits per heavy atom. The third-order valence-electron chi connectivity index (χ3n) is 8.72. The standard InChI is InChI=1S/C38H56N4O4S/c1-8-40-32-21-29(22-33(24-32)42-16-12-13-17-47(42,45)46)36(44)41-34(20-27-14-10-9-11-15-27)35(43)26-39-25-28-18-30(37(2,3)4)23-31(19-28)38(5,6)7/h9-11,14-15,18-19,21-24,34-35,39-40,43,45-46H,8,12-13,16-17,20,25-26H2,1-7H3,(H,41,44)/t34-,35-/m0/s1. The molecule has 8 nitrogen and oxygen atoms in total. The van der Waals surface area contributed by atoms with E-state index in [2.05, 4.69) is 75.7 Å². The molecule has 0 aromatic heterocycles. The zero-order chi connectivity index (χ0) is 34.4. The van der Waals surface area contributed by atoms with Crippen LogP contribution in [0.1, 0.15) is 93.9 Å². The Balaban J connectivity index is 1.54. The van der Waals surface area contributed by atoms with Gasteiger partial charge in [0.05, 0.1) is 23.6 Å². The molecule has 47 heavy (non-hydrogen) atoms. The minimum atomic E-state index is -2.96. The third kappa shape index (κ3) is 10.2. The number of amides is 1. The molecule has 9 heteroatoms. The highest BCUT2D eigenvalue weighted by molar-refractivity contribution is 8.25. The minimum absolute atomic E-state index is 0.00949. The van der Waals surface area contributed by atoms with Crippen LogP contribution in [-0.4, -0.2) is 57.7 Å². The summed E-state index contributed by atoms with van der Waals surface area (Å²) in [6.07, 6.45) is 1.19. The van der Waals surface area contributed by atoms with E-state index < -0.39 is 22.9 Å². The summed E-state index contributed by atoms with van der Waals surface area (Å²) in [7, 11) is -2.96. The van der Waals surface area contributed by atoms with Crippen molar-refractivity contribution in [2.45, 2.75) is 97.2 Å². The second kappa shape index (κ2) is 15.4. The van der Waals surface area contributed by atoms with Gasteiger partial charge in [0, 0.05) is 37.4 Å². The summed E-state index contributed by atoms with van der Waals surface area (Å²) in [5, 5.41) is 21.4. The van der Waals surface area contributed by atoms with Crippen molar-refractivity contribution in [2.75, 3.05) is 35.0 Å². The summed E-state index contributed by atoms with van der Waals surface area (Å²) in [6.45, 7) is 17.4. The number of rotatable bonds is 12. The first-order chi connectivity index (χ1) is 22.1. The lowest BCUT2D eigenvalue weighted by Gasteiger charge is -2.47. The monoisotopic (exact) mass is 664 g/mol. The van der Waals surface area contributed by atoms with Gasteiger partial charge in [-0.3, -0.25) is 18.2 Å². The van der Waals surface area contributed by atoms with E-state index in [1.54, 1.807) is 16.4 Å². The summed E-state index contributed by atoms with van der Waals surface area (Å²) in [5.41, 5.74) is 6.47. The van der Waals surface area contributed by atoms with Crippen LogP contribution in [0.15, 0.2) is 66.7 Å². The van der Waals surface area contributed by atoms with Crippen LogP contribution in [0, 0.1) is 0 Å². The van der Waals surface area contributed by atoms with E-state index in [1.165, 1.54) is 11.1 Å². The van der Waals surface area contributed by atoms with Crippen molar-refractivity contribution in [1.29, 1.82) is 0 Å². The van der Waals surface area contributed by atoms with Crippen molar-refractivity contribution in [3.63, 3.8) is 0 Å². The summed E-state index contributed by atoms with van der Waals surface area (Å²) in [4.78, 5) is 13.9. The minimum Gasteiger partial charge on any atom is -0.390 e. The van der Waals surface area contributed by atoms with Crippen LogP contribution in [0.3, 0.4) is 0 Å². The fourth-order valence-corrected chi connectivity index (χ4v) is 7.54. The van der Waals surface area contributed by atoms with Crippen molar-refractivity contribution in [1.82, 2.24) is 10.6 Å². The molecule has 4 rings (SSSR count). The van der Waals surface area contributed by atoms with Gasteiger partial charge >= 0.3 is 0 Å². The van der Waals surface area contributed by atoms with Crippen molar-refractivity contribution < 1.29 is 19.0 Å². The third-order valence-corrected chi connectivity index (χ3v) is 10.7. The maximum Gasteiger partial charge on any atom is 0.251 e. The van der Waals surface area contributed by atoms with Gasteiger partial charge in [0.2, 0.25) is 0 Å². The first-order valence-electron chi connectivity index (χ1n) is 16.9. The molecule has 0 spiro atoms. The molecule has 0 unspecified atom stereocenters. The average Bonchev–Trinajstić information content (AvgIpc) is 3.00. The lowest BCUT2D eigenvalue weighted by Crippen LogP contribution is -2.48. The second-order valence-corrected chi connectivity index (χ2v) is 16.9. The van der Waals surface area contributed by atoms with Gasteiger partial charge in [-0.05, 0) is 77.5 Å². The predicted molar refractivity (Wildman–Crippen MR) is 198 cm³/mol. The zero-order valence-electron chi connectivity index (χ0n) is 29.3. The molecule has 258 valence electrons. The number of carbonyl (C=O) groups excluding carboxylic acids is 1. The second-order valence-electron chi connectivity index (χ2n) is 14.8. The number of anilines is 2. The number of carbonyl (C=O) groups is 1. The molecule has 1 heterocycles. The molecule has 0 bridgehead atoms. The lowest BCUT2D eigenvalue weighted by atomic mass is 9.79. The highest BCUT2D eigenvalue weighted by Crippen LogP contribution is 2.50. The van der Waals surface area contributed by atoms with Gasteiger partial charge in [0.25, 0.3) is 5.91 Å². The molecule has 3 aromatic rings. The highest BCUT2D eigenvalue weighted by atomic mass is 32.3. The fourth-order valence-electron chi connectivity index (χ4n) is 5.87. The number of benzene rings is 3. The molecule has 1 saturated heterocycles. The van der Waals surface area contributed by atoms with Crippen LogP contribution in [0.4, 0.5) is 11.4 Å². The molecule has 0 aliphatic carbocycles. The molecular weight excluding hydrogens is 609 g/mol. The van der Waals surface area contributed by atoms with Gasteiger partial charge in [-0.2, -0.15) is 0 Å². The van der Waals surface area contributed by atoms with Crippen LogP contribution < -0.4 is 20.3 Å². The van der Waals surface area contributed by atoms with Crippen molar-refractivity contribution >= 4 is 28.1 Å². The first-order valence-corrected chi connectivity index (χ1v) is 18.5. The Bertz CT molecular complexity index is 1450. The first kappa shape index (κ1) is 36.8. The van der Waals surface area contributed by atoms with Crippen LogP contribution in [-0.2, 0) is 23.8 Å². The van der Waals surface area contributed by atoms with Crippen molar-refractivity contribution in [3.05, 3.63) is 94.5 Å². The van der Waals surface area contributed by atoms with E-state index in [4.69, 9.17) is 0 Å². The average molecular weight is 665 g/mol. The number of hydrogen-bond donors (Lipinski definition) is 6. The maximum atomic E-state index is 13.9. The molecule has 0 saturated carbocycles. The van der Waals surface area contributed by atoms with E-state index in [-0.39, 0.29) is 16.7 Å². The topological polar surface area (TPSA) is 117 Å². The van der Waals surface area contributed by atoms with E-state index >= 15 is 0 Å². The smallest absolute Gasteiger partial charge is 0.251 e. The maximum absolute atomic E-state index is 13.9. The molecule has 6 N–H and O–H groups in total. The number of aliphatic hydroxyl groups is 1. The molecule has 1 amide bonds. The van der Waals surface area contributed by atoms with E-state index in [0.29, 0.717) is 49.6 Å². The van der Waals surface area contributed by atoms with Crippen molar-refractivity contribution in [3.8, 4) is 0 Å². The molecule has 1 aliphatic heterocycles. The molecular formula is C38H56N4O4S. The van der Waals surface area contributed by atoms with Gasteiger partial charge < -0.3 is 21.1 Å². The lowest BCUT2D eigenvalue weighted by molar-refractivity contribution is 0.0830. The summed E-state index contributed by atoms with van der Waals surface area (Å²) in [5.74, 6) is -0.0109. The van der Waals surface area contributed by atoms with Gasteiger partial charge in [0.15, 0.2) is 0 Å².